The zero-order valence-corrected chi connectivity index (χ0v) is 9.90. The molecule has 0 saturated heterocycles. The van der Waals surface area contributed by atoms with Gasteiger partial charge < -0.3 is 10.4 Å². The van der Waals surface area contributed by atoms with Crippen LogP contribution in [-0.2, 0) is 11.2 Å². The van der Waals surface area contributed by atoms with E-state index in [1.807, 2.05) is 6.92 Å². The third kappa shape index (κ3) is 3.65. The molecule has 1 rings (SSSR count). The molecule has 0 saturated carbocycles. The topological polar surface area (TPSA) is 75.1 Å². The van der Waals surface area contributed by atoms with Crippen LogP contribution in [0.4, 0.5) is 10.2 Å². The molecule has 5 nitrogen and oxygen atoms in total. The molecule has 17 heavy (non-hydrogen) atoms. The van der Waals surface area contributed by atoms with Crippen LogP contribution < -0.4 is 5.32 Å². The second kappa shape index (κ2) is 6.12. The average Bonchev–Trinajstić information content (AvgIpc) is 2.30. The first kappa shape index (κ1) is 13.3. The van der Waals surface area contributed by atoms with Crippen molar-refractivity contribution in [3.8, 4) is 0 Å². The molecule has 0 fully saturated rings. The van der Waals surface area contributed by atoms with Gasteiger partial charge in [-0.1, -0.05) is 13.8 Å². The first-order valence-corrected chi connectivity index (χ1v) is 5.56. The molecule has 0 aliphatic heterocycles. The number of aliphatic carboxylic acids is 1. The molecule has 0 radical (unpaired) electrons. The number of aryl methyl sites for hydroxylation is 1. The van der Waals surface area contributed by atoms with Gasteiger partial charge in [0.15, 0.2) is 11.6 Å². The molecule has 0 spiro atoms. The van der Waals surface area contributed by atoms with Crippen molar-refractivity contribution in [2.75, 3.05) is 5.32 Å². The lowest BCUT2D eigenvalue weighted by Gasteiger charge is -2.16. The van der Waals surface area contributed by atoms with Gasteiger partial charge in [0, 0.05) is 6.04 Å². The lowest BCUT2D eigenvalue weighted by Crippen LogP contribution is -2.23. The number of carboxylic acid groups (broad SMARTS) is 1. The SMILES string of the molecule is CCc1ncnc(NC(CC)CC(=O)O)c1F. The predicted octanol–water partition coefficient (Wildman–Crippen LogP) is 1.84. The average molecular weight is 241 g/mol. The Kier molecular flexibility index (Phi) is 4.81. The van der Waals surface area contributed by atoms with Gasteiger partial charge in [-0.15, -0.1) is 0 Å². The Balaban J connectivity index is 2.82. The van der Waals surface area contributed by atoms with Crippen molar-refractivity contribution < 1.29 is 14.3 Å². The molecule has 0 aromatic carbocycles. The van der Waals surface area contributed by atoms with E-state index >= 15 is 0 Å². The maximum atomic E-state index is 13.8. The fraction of sp³-hybridized carbons (Fsp3) is 0.545. The Bertz CT molecular complexity index is 398. The number of carboxylic acids is 1. The fourth-order valence-electron chi connectivity index (χ4n) is 1.45. The number of nitrogens with zero attached hydrogens (tertiary/aromatic N) is 2. The van der Waals surface area contributed by atoms with Crippen LogP contribution in [0.5, 0.6) is 0 Å². The number of hydrogen-bond acceptors (Lipinski definition) is 4. The first-order chi connectivity index (χ1) is 8.08. The lowest BCUT2D eigenvalue weighted by atomic mass is 10.1. The molecule has 0 aliphatic carbocycles. The summed E-state index contributed by atoms with van der Waals surface area (Å²) in [4.78, 5) is 18.2. The summed E-state index contributed by atoms with van der Waals surface area (Å²) in [5.74, 6) is -1.35. The first-order valence-electron chi connectivity index (χ1n) is 5.56. The van der Waals surface area contributed by atoms with Crippen LogP contribution in [0.15, 0.2) is 6.33 Å². The fourth-order valence-corrected chi connectivity index (χ4v) is 1.45. The highest BCUT2D eigenvalue weighted by atomic mass is 19.1. The van der Waals surface area contributed by atoms with E-state index in [1.165, 1.54) is 6.33 Å². The van der Waals surface area contributed by atoms with Crippen molar-refractivity contribution in [1.82, 2.24) is 9.97 Å². The van der Waals surface area contributed by atoms with Crippen molar-refractivity contribution >= 4 is 11.8 Å². The van der Waals surface area contributed by atoms with Gasteiger partial charge >= 0.3 is 5.97 Å². The van der Waals surface area contributed by atoms with Crippen molar-refractivity contribution in [3.63, 3.8) is 0 Å². The number of nitrogens with one attached hydrogen (secondary N) is 1. The van der Waals surface area contributed by atoms with Crippen LogP contribution in [-0.4, -0.2) is 27.1 Å². The summed E-state index contributed by atoms with van der Waals surface area (Å²) in [5.41, 5.74) is 0.327. The largest absolute Gasteiger partial charge is 0.481 e. The Hall–Kier alpha value is -1.72. The molecule has 1 atom stereocenters. The summed E-state index contributed by atoms with van der Waals surface area (Å²) in [6, 6.07) is -0.332. The van der Waals surface area contributed by atoms with Crippen LogP contribution in [0.3, 0.4) is 0 Å². The van der Waals surface area contributed by atoms with E-state index in [4.69, 9.17) is 5.11 Å². The van der Waals surface area contributed by atoms with Gasteiger partial charge in [0.1, 0.15) is 6.33 Å². The molecule has 94 valence electrons. The number of anilines is 1. The van der Waals surface area contributed by atoms with E-state index in [9.17, 15) is 9.18 Å². The van der Waals surface area contributed by atoms with E-state index in [0.29, 0.717) is 18.5 Å². The molecule has 1 aromatic rings. The van der Waals surface area contributed by atoms with E-state index in [1.54, 1.807) is 6.92 Å². The highest BCUT2D eigenvalue weighted by Crippen LogP contribution is 2.16. The highest BCUT2D eigenvalue weighted by Gasteiger charge is 2.15. The second-order valence-electron chi connectivity index (χ2n) is 3.68. The molecular weight excluding hydrogens is 225 g/mol. The lowest BCUT2D eigenvalue weighted by molar-refractivity contribution is -0.137. The van der Waals surface area contributed by atoms with Gasteiger partial charge in [-0.25, -0.2) is 14.4 Å². The minimum absolute atomic E-state index is 0.0681. The maximum Gasteiger partial charge on any atom is 0.305 e. The van der Waals surface area contributed by atoms with Gasteiger partial charge in [0.2, 0.25) is 0 Å². The molecule has 0 aliphatic rings. The third-order valence-electron chi connectivity index (χ3n) is 2.45. The van der Waals surface area contributed by atoms with Crippen molar-refractivity contribution in [1.29, 1.82) is 0 Å². The number of rotatable bonds is 6. The molecule has 1 unspecified atom stereocenters. The zero-order chi connectivity index (χ0) is 12.8. The Morgan fingerprint density at radius 3 is 2.76 bits per heavy atom. The minimum Gasteiger partial charge on any atom is -0.481 e. The van der Waals surface area contributed by atoms with Gasteiger partial charge in [0.05, 0.1) is 12.1 Å². The Labute approximate surface area is 99.1 Å². The summed E-state index contributed by atoms with van der Waals surface area (Å²) >= 11 is 0. The van der Waals surface area contributed by atoms with Gasteiger partial charge in [0.25, 0.3) is 0 Å². The minimum atomic E-state index is -0.922. The molecule has 1 aromatic heterocycles. The molecule has 6 heteroatoms. The maximum absolute atomic E-state index is 13.8. The van der Waals surface area contributed by atoms with Crippen molar-refractivity contribution in [3.05, 3.63) is 17.8 Å². The Morgan fingerprint density at radius 2 is 2.24 bits per heavy atom. The van der Waals surface area contributed by atoms with Crippen LogP contribution in [0.1, 0.15) is 32.4 Å². The quantitative estimate of drug-likeness (QED) is 0.794. The number of carbonyl (C=O) groups is 1. The summed E-state index contributed by atoms with van der Waals surface area (Å²) < 4.78 is 13.8. The highest BCUT2D eigenvalue weighted by molar-refractivity contribution is 5.68. The standard InChI is InChI=1S/C11H16FN3O2/c1-3-7(5-9(16)17)15-11-10(12)8(4-2)13-6-14-11/h6-7H,3-5H2,1-2H3,(H,16,17)(H,13,14,15). The predicted molar refractivity (Wildman–Crippen MR) is 61.3 cm³/mol. The normalized spacial score (nSPS) is 12.2. The van der Waals surface area contributed by atoms with Gasteiger partial charge in [-0.3, -0.25) is 4.79 Å². The van der Waals surface area contributed by atoms with E-state index in [0.717, 1.165) is 0 Å². The van der Waals surface area contributed by atoms with Crippen molar-refractivity contribution in [2.45, 2.75) is 39.2 Å². The summed E-state index contributed by atoms with van der Waals surface area (Å²) in [6.45, 7) is 3.63. The van der Waals surface area contributed by atoms with Crippen LogP contribution in [0, 0.1) is 5.82 Å². The van der Waals surface area contributed by atoms with E-state index in [-0.39, 0.29) is 18.3 Å². The van der Waals surface area contributed by atoms with Gasteiger partial charge in [-0.2, -0.15) is 0 Å². The van der Waals surface area contributed by atoms with Crippen LogP contribution >= 0.6 is 0 Å². The molecule has 0 bridgehead atoms. The van der Waals surface area contributed by atoms with E-state index in [2.05, 4.69) is 15.3 Å². The molecule has 0 amide bonds. The molecular formula is C11H16FN3O2. The number of hydrogen-bond donors (Lipinski definition) is 2. The summed E-state index contributed by atoms with van der Waals surface area (Å²) in [6.07, 6.45) is 2.26. The smallest absolute Gasteiger partial charge is 0.305 e. The molecule has 2 N–H and O–H groups in total. The summed E-state index contributed by atoms with van der Waals surface area (Å²) in [5, 5.41) is 11.5. The van der Waals surface area contributed by atoms with Crippen LogP contribution in [0.25, 0.3) is 0 Å². The number of halogens is 1. The Morgan fingerprint density at radius 1 is 1.53 bits per heavy atom. The third-order valence-corrected chi connectivity index (χ3v) is 2.45. The second-order valence-corrected chi connectivity index (χ2v) is 3.68. The van der Waals surface area contributed by atoms with Crippen LogP contribution in [0.2, 0.25) is 0 Å². The van der Waals surface area contributed by atoms with E-state index < -0.39 is 11.8 Å². The molecule has 1 heterocycles. The van der Waals surface area contributed by atoms with Gasteiger partial charge in [-0.05, 0) is 12.8 Å². The van der Waals surface area contributed by atoms with Crippen molar-refractivity contribution in [2.24, 2.45) is 0 Å². The summed E-state index contributed by atoms with van der Waals surface area (Å²) in [7, 11) is 0. The number of aromatic nitrogens is 2. The monoisotopic (exact) mass is 241 g/mol. The zero-order valence-electron chi connectivity index (χ0n) is 9.90.